The van der Waals surface area contributed by atoms with E-state index in [2.05, 4.69) is 28.5 Å². The van der Waals surface area contributed by atoms with Gasteiger partial charge in [-0.05, 0) is 68.4 Å². The third-order valence-corrected chi connectivity index (χ3v) is 5.55. The fourth-order valence-electron chi connectivity index (χ4n) is 3.44. The van der Waals surface area contributed by atoms with E-state index in [1.165, 1.54) is 17.3 Å². The number of pyridine rings is 1. The number of rotatable bonds is 5. The maximum Gasteiger partial charge on any atom is 0.230 e. The van der Waals surface area contributed by atoms with E-state index in [1.807, 2.05) is 26.1 Å². The normalized spacial score (nSPS) is 13.2. The highest BCUT2D eigenvalue weighted by Gasteiger charge is 2.22. The number of benzene rings is 1. The number of thioether (sulfide) groups is 1. The Morgan fingerprint density at radius 2 is 2.12 bits per heavy atom. The summed E-state index contributed by atoms with van der Waals surface area (Å²) in [6, 6.07) is 8.59. The zero-order valence-corrected chi connectivity index (χ0v) is 16.0. The highest BCUT2D eigenvalue weighted by Crippen LogP contribution is 2.38. The van der Waals surface area contributed by atoms with Crippen LogP contribution in [0.1, 0.15) is 43.4 Å². The minimum atomic E-state index is -0.00506. The molecule has 1 heterocycles. The molecule has 0 saturated heterocycles. The molecule has 0 radical (unpaired) electrons. The van der Waals surface area contributed by atoms with Gasteiger partial charge in [-0.2, -0.15) is 5.26 Å². The van der Waals surface area contributed by atoms with Crippen LogP contribution in [-0.2, 0) is 17.6 Å². The van der Waals surface area contributed by atoms with Gasteiger partial charge in [0, 0.05) is 28.9 Å². The van der Waals surface area contributed by atoms with Gasteiger partial charge in [0.25, 0.3) is 0 Å². The Kier molecular flexibility index (Phi) is 5.95. The molecule has 134 valence electrons. The fourth-order valence-corrected chi connectivity index (χ4v) is 4.32. The molecule has 0 unspecified atom stereocenters. The second-order valence-electron chi connectivity index (χ2n) is 6.83. The van der Waals surface area contributed by atoms with Gasteiger partial charge in [0.2, 0.25) is 5.91 Å². The minimum Gasteiger partial charge on any atom is -0.353 e. The van der Waals surface area contributed by atoms with Gasteiger partial charge in [-0.3, -0.25) is 9.78 Å². The Morgan fingerprint density at radius 3 is 2.77 bits per heavy atom. The topological polar surface area (TPSA) is 65.8 Å². The van der Waals surface area contributed by atoms with Crippen molar-refractivity contribution in [2.75, 3.05) is 5.75 Å². The summed E-state index contributed by atoms with van der Waals surface area (Å²) in [6.07, 6.45) is 7.82. The average Bonchev–Trinajstić information content (AvgIpc) is 2.65. The molecule has 4 nitrogen and oxygen atoms in total. The number of fused-ring (bicyclic) bond motifs is 1. The summed E-state index contributed by atoms with van der Waals surface area (Å²) in [5, 5.41) is 12.7. The smallest absolute Gasteiger partial charge is 0.230 e. The molecule has 0 fully saturated rings. The molecule has 1 aliphatic carbocycles. The van der Waals surface area contributed by atoms with Crippen molar-refractivity contribution in [3.05, 3.63) is 47.3 Å². The summed E-state index contributed by atoms with van der Waals surface area (Å²) < 4.78 is 0. The number of nitriles is 1. The largest absolute Gasteiger partial charge is 0.353 e. The Hall–Kier alpha value is -2.32. The molecule has 1 aliphatic rings. The molecule has 5 heteroatoms. The van der Waals surface area contributed by atoms with Crippen molar-refractivity contribution in [2.24, 2.45) is 0 Å². The molecular formula is C21H23N3OS. The SMILES string of the molecule is CC(C)NC(=O)CSc1cc(-c2cccnc2)c2c(c1C#N)CCCC2. The van der Waals surface area contributed by atoms with E-state index < -0.39 is 0 Å². The molecular weight excluding hydrogens is 342 g/mol. The van der Waals surface area contributed by atoms with Crippen molar-refractivity contribution in [1.29, 1.82) is 5.26 Å². The van der Waals surface area contributed by atoms with E-state index in [-0.39, 0.29) is 11.9 Å². The van der Waals surface area contributed by atoms with E-state index >= 15 is 0 Å². The predicted octanol–water partition coefficient (Wildman–Crippen LogP) is 4.12. The monoisotopic (exact) mass is 365 g/mol. The summed E-state index contributed by atoms with van der Waals surface area (Å²) in [6.45, 7) is 3.89. The summed E-state index contributed by atoms with van der Waals surface area (Å²) in [5.41, 5.74) is 5.40. The van der Waals surface area contributed by atoms with Crippen molar-refractivity contribution < 1.29 is 4.79 Å². The third kappa shape index (κ3) is 4.08. The number of nitrogens with one attached hydrogen (secondary N) is 1. The van der Waals surface area contributed by atoms with Crippen LogP contribution in [0.3, 0.4) is 0 Å². The molecule has 1 aromatic carbocycles. The molecule has 0 aliphatic heterocycles. The predicted molar refractivity (Wildman–Crippen MR) is 105 cm³/mol. The summed E-state index contributed by atoms with van der Waals surface area (Å²) in [7, 11) is 0. The van der Waals surface area contributed by atoms with Gasteiger partial charge in [-0.1, -0.05) is 6.07 Å². The summed E-state index contributed by atoms with van der Waals surface area (Å²) in [4.78, 5) is 17.2. The van der Waals surface area contributed by atoms with Gasteiger partial charge in [0.05, 0.1) is 11.3 Å². The van der Waals surface area contributed by atoms with Crippen LogP contribution in [0.25, 0.3) is 11.1 Å². The second-order valence-corrected chi connectivity index (χ2v) is 7.84. The van der Waals surface area contributed by atoms with Gasteiger partial charge in [0.1, 0.15) is 6.07 Å². The maximum atomic E-state index is 12.0. The van der Waals surface area contributed by atoms with Gasteiger partial charge in [-0.25, -0.2) is 0 Å². The lowest BCUT2D eigenvalue weighted by Crippen LogP contribution is -2.31. The Balaban J connectivity index is 2.01. The Bertz CT molecular complexity index is 841. The first-order valence-electron chi connectivity index (χ1n) is 9.01. The number of carbonyl (C=O) groups is 1. The van der Waals surface area contributed by atoms with E-state index in [0.717, 1.165) is 52.8 Å². The number of amides is 1. The van der Waals surface area contributed by atoms with Gasteiger partial charge < -0.3 is 5.32 Å². The molecule has 3 rings (SSSR count). The molecule has 2 aromatic rings. The summed E-state index contributed by atoms with van der Waals surface area (Å²) in [5.74, 6) is 0.313. The minimum absolute atomic E-state index is 0.00506. The van der Waals surface area contributed by atoms with Crippen LogP contribution < -0.4 is 5.32 Å². The Labute approximate surface area is 159 Å². The van der Waals surface area contributed by atoms with Gasteiger partial charge in [-0.15, -0.1) is 11.8 Å². The first kappa shape index (κ1) is 18.5. The first-order valence-corrected chi connectivity index (χ1v) is 10.00. The quantitative estimate of drug-likeness (QED) is 0.810. The van der Waals surface area contributed by atoms with Crippen molar-refractivity contribution in [3.8, 4) is 17.2 Å². The molecule has 0 spiro atoms. The van der Waals surface area contributed by atoms with Crippen LogP contribution in [0.2, 0.25) is 0 Å². The number of hydrogen-bond donors (Lipinski definition) is 1. The zero-order valence-electron chi connectivity index (χ0n) is 15.2. The summed E-state index contributed by atoms with van der Waals surface area (Å²) >= 11 is 1.45. The van der Waals surface area contributed by atoms with E-state index in [0.29, 0.717) is 5.75 Å². The number of hydrogen-bond acceptors (Lipinski definition) is 4. The molecule has 0 atom stereocenters. The second kappa shape index (κ2) is 8.37. The lowest BCUT2D eigenvalue weighted by atomic mass is 9.83. The molecule has 1 aromatic heterocycles. The van der Waals surface area contributed by atoms with E-state index in [1.54, 1.807) is 6.20 Å². The number of aromatic nitrogens is 1. The van der Waals surface area contributed by atoms with Crippen LogP contribution in [0, 0.1) is 11.3 Å². The maximum absolute atomic E-state index is 12.0. The standard InChI is InChI=1S/C21H23N3OS/c1-14(2)24-21(25)13-26-20-10-18(15-6-5-9-23-12-15)16-7-3-4-8-17(16)19(20)11-22/h5-6,9-10,12,14H,3-4,7-8,13H2,1-2H3,(H,24,25). The molecule has 0 bridgehead atoms. The van der Waals surface area contributed by atoms with Gasteiger partial charge in [0.15, 0.2) is 0 Å². The van der Waals surface area contributed by atoms with Crippen LogP contribution >= 0.6 is 11.8 Å². The molecule has 26 heavy (non-hydrogen) atoms. The van der Waals surface area contributed by atoms with Crippen LogP contribution in [-0.4, -0.2) is 22.7 Å². The zero-order chi connectivity index (χ0) is 18.5. The van der Waals surface area contributed by atoms with Crippen molar-refractivity contribution in [2.45, 2.75) is 50.5 Å². The third-order valence-electron chi connectivity index (χ3n) is 4.51. The highest BCUT2D eigenvalue weighted by atomic mass is 32.2. The van der Waals surface area contributed by atoms with Crippen LogP contribution in [0.15, 0.2) is 35.5 Å². The lowest BCUT2D eigenvalue weighted by molar-refractivity contribution is -0.119. The van der Waals surface area contributed by atoms with E-state index in [4.69, 9.17) is 0 Å². The average molecular weight is 366 g/mol. The fraction of sp³-hybridized carbons (Fsp3) is 0.381. The molecule has 1 N–H and O–H groups in total. The highest BCUT2D eigenvalue weighted by molar-refractivity contribution is 8.00. The van der Waals surface area contributed by atoms with E-state index in [9.17, 15) is 10.1 Å². The van der Waals surface area contributed by atoms with Crippen LogP contribution in [0.5, 0.6) is 0 Å². The number of carbonyl (C=O) groups excluding carboxylic acids is 1. The van der Waals surface area contributed by atoms with Gasteiger partial charge >= 0.3 is 0 Å². The molecule has 0 saturated carbocycles. The molecule has 1 amide bonds. The van der Waals surface area contributed by atoms with Crippen LogP contribution in [0.4, 0.5) is 0 Å². The number of nitrogens with zero attached hydrogens (tertiary/aromatic N) is 2. The Morgan fingerprint density at radius 1 is 1.35 bits per heavy atom. The van der Waals surface area contributed by atoms with Crippen molar-refractivity contribution in [1.82, 2.24) is 10.3 Å². The first-order chi connectivity index (χ1) is 12.6. The lowest BCUT2D eigenvalue weighted by Gasteiger charge is -2.23. The van der Waals surface area contributed by atoms with Crippen molar-refractivity contribution in [3.63, 3.8) is 0 Å². The van der Waals surface area contributed by atoms with Crippen molar-refractivity contribution >= 4 is 17.7 Å².